The second-order valence-electron chi connectivity index (χ2n) is 10.3. The van der Waals surface area contributed by atoms with Gasteiger partial charge in [-0.1, -0.05) is 103 Å². The number of benzene rings is 5. The van der Waals surface area contributed by atoms with Crippen LogP contribution in [0.5, 0.6) is 0 Å². The fraction of sp³-hybridized carbons (Fsp3) is 0.0526. The van der Waals surface area contributed by atoms with Gasteiger partial charge in [-0.15, -0.1) is 0 Å². The molecule has 2 heterocycles. The zero-order valence-corrected chi connectivity index (χ0v) is 22.6. The number of fused-ring (bicyclic) bond motifs is 4. The lowest BCUT2D eigenvalue weighted by Crippen LogP contribution is -2.18. The third-order valence-electron chi connectivity index (χ3n) is 7.85. The van der Waals surface area contributed by atoms with Crippen molar-refractivity contribution in [3.8, 4) is 5.69 Å². The monoisotopic (exact) mass is 514 g/mol. The summed E-state index contributed by atoms with van der Waals surface area (Å²) in [6.45, 7) is 7.67. The van der Waals surface area contributed by atoms with Crippen LogP contribution in [0.2, 0.25) is 0 Å². The van der Waals surface area contributed by atoms with E-state index in [0.717, 1.165) is 34.6 Å². The van der Waals surface area contributed by atoms with Gasteiger partial charge in [0, 0.05) is 39.9 Å². The van der Waals surface area contributed by atoms with Crippen LogP contribution in [0.25, 0.3) is 38.6 Å². The highest BCUT2D eigenvalue weighted by Gasteiger charge is 2.22. The van der Waals surface area contributed by atoms with Crippen LogP contribution in [0.15, 0.2) is 146 Å². The molecule has 1 aliphatic heterocycles. The fourth-order valence-corrected chi connectivity index (χ4v) is 6.01. The molecule has 1 aromatic heterocycles. The van der Waals surface area contributed by atoms with E-state index in [9.17, 15) is 0 Å². The molecule has 6 aromatic rings. The predicted molar refractivity (Wildman–Crippen MR) is 172 cm³/mol. The summed E-state index contributed by atoms with van der Waals surface area (Å²) in [4.78, 5) is 2.37. The van der Waals surface area contributed by atoms with E-state index in [1.54, 1.807) is 0 Å². The van der Waals surface area contributed by atoms with Crippen molar-refractivity contribution in [2.45, 2.75) is 6.92 Å². The van der Waals surface area contributed by atoms with E-state index < -0.39 is 0 Å². The lowest BCUT2D eigenvalue weighted by Gasteiger charge is -2.27. The van der Waals surface area contributed by atoms with Crippen LogP contribution in [0.1, 0.15) is 16.7 Å². The molecule has 0 amide bonds. The van der Waals surface area contributed by atoms with Crippen LogP contribution in [0.3, 0.4) is 0 Å². The number of aromatic nitrogens is 1. The SMILES string of the molecule is C=C1/C(c2cccc3c2c2ccccc2n3-c2ccccc2)=C\C=C/CN(c2ccccc2)c2ccc(C)cc21. The molecule has 192 valence electrons. The number of hydrogen-bond acceptors (Lipinski definition) is 1. The number of rotatable bonds is 3. The summed E-state index contributed by atoms with van der Waals surface area (Å²) in [5, 5.41) is 2.49. The maximum Gasteiger partial charge on any atom is 0.0547 e. The van der Waals surface area contributed by atoms with Crippen LogP contribution in [-0.2, 0) is 0 Å². The quantitative estimate of drug-likeness (QED) is 0.228. The minimum atomic E-state index is 0.772. The molecule has 5 aromatic carbocycles. The Balaban J connectivity index is 1.47. The van der Waals surface area contributed by atoms with Gasteiger partial charge in [0.05, 0.1) is 11.0 Å². The largest absolute Gasteiger partial charge is 0.337 e. The van der Waals surface area contributed by atoms with E-state index >= 15 is 0 Å². The molecule has 0 bridgehead atoms. The Morgan fingerprint density at radius 1 is 0.650 bits per heavy atom. The van der Waals surface area contributed by atoms with Gasteiger partial charge in [-0.25, -0.2) is 0 Å². The predicted octanol–water partition coefficient (Wildman–Crippen LogP) is 9.90. The first-order valence-electron chi connectivity index (χ1n) is 13.8. The standard InChI is InChI=1S/C38H30N2/c1-27-23-24-35-34(26-27)28(2)31(18-11-12-25-39(35)29-14-5-3-6-15-29)32-20-13-22-37-38(32)33-19-9-10-21-36(33)40(37)30-16-7-4-8-17-30/h3-24,26H,2,25H2,1H3/b12-11-,31-18+. The summed E-state index contributed by atoms with van der Waals surface area (Å²) < 4.78 is 2.37. The average molecular weight is 515 g/mol. The van der Waals surface area contributed by atoms with Crippen molar-refractivity contribution >= 4 is 44.3 Å². The Morgan fingerprint density at radius 2 is 1.35 bits per heavy atom. The van der Waals surface area contributed by atoms with Crippen LogP contribution >= 0.6 is 0 Å². The minimum Gasteiger partial charge on any atom is -0.337 e. The van der Waals surface area contributed by atoms with E-state index in [0.29, 0.717) is 0 Å². The van der Waals surface area contributed by atoms with Crippen molar-refractivity contribution < 1.29 is 0 Å². The van der Waals surface area contributed by atoms with E-state index in [1.165, 1.54) is 38.6 Å². The summed E-state index contributed by atoms with van der Waals surface area (Å²) in [5.74, 6) is 0. The van der Waals surface area contributed by atoms with E-state index in [1.807, 2.05) is 0 Å². The highest BCUT2D eigenvalue weighted by Crippen LogP contribution is 2.43. The van der Waals surface area contributed by atoms with E-state index in [-0.39, 0.29) is 0 Å². The van der Waals surface area contributed by atoms with Gasteiger partial charge in [-0.2, -0.15) is 0 Å². The first kappa shape index (κ1) is 24.0. The molecule has 7 rings (SSSR count). The van der Waals surface area contributed by atoms with Crippen LogP contribution in [0.4, 0.5) is 11.4 Å². The molecule has 0 spiro atoms. The molecule has 0 aliphatic carbocycles. The van der Waals surface area contributed by atoms with Gasteiger partial charge in [0.15, 0.2) is 0 Å². The number of anilines is 2. The van der Waals surface area contributed by atoms with Gasteiger partial charge in [0.25, 0.3) is 0 Å². The first-order chi connectivity index (χ1) is 19.7. The molecule has 0 unspecified atom stereocenters. The summed E-state index contributed by atoms with van der Waals surface area (Å²) in [5.41, 5.74) is 11.6. The molecule has 2 nitrogen and oxygen atoms in total. The van der Waals surface area contributed by atoms with Gasteiger partial charge in [0.1, 0.15) is 0 Å². The number of hydrogen-bond donors (Lipinski definition) is 0. The number of aryl methyl sites for hydroxylation is 1. The van der Waals surface area contributed by atoms with Gasteiger partial charge < -0.3 is 9.47 Å². The Kier molecular flexibility index (Phi) is 5.94. The molecule has 0 N–H and O–H groups in total. The summed E-state index contributed by atoms with van der Waals surface area (Å²) in [6, 6.07) is 43.3. The van der Waals surface area contributed by atoms with Gasteiger partial charge in [-0.3, -0.25) is 0 Å². The second kappa shape index (κ2) is 9.91. The maximum atomic E-state index is 4.74. The average Bonchev–Trinajstić information content (AvgIpc) is 3.37. The number of nitrogens with zero attached hydrogens (tertiary/aromatic N) is 2. The topological polar surface area (TPSA) is 8.17 Å². The third-order valence-corrected chi connectivity index (χ3v) is 7.85. The van der Waals surface area contributed by atoms with Crippen LogP contribution in [0, 0.1) is 6.92 Å². The summed E-state index contributed by atoms with van der Waals surface area (Å²) in [7, 11) is 0. The van der Waals surface area contributed by atoms with Crippen molar-refractivity contribution in [3.05, 3.63) is 163 Å². The molecule has 1 aliphatic rings. The van der Waals surface area contributed by atoms with Crippen molar-refractivity contribution in [2.75, 3.05) is 11.4 Å². The highest BCUT2D eigenvalue weighted by atomic mass is 15.1. The number of para-hydroxylation sites is 3. The van der Waals surface area contributed by atoms with Crippen molar-refractivity contribution in [1.29, 1.82) is 0 Å². The van der Waals surface area contributed by atoms with Crippen molar-refractivity contribution in [3.63, 3.8) is 0 Å². The second-order valence-corrected chi connectivity index (χ2v) is 10.3. The van der Waals surface area contributed by atoms with Crippen molar-refractivity contribution in [2.24, 2.45) is 0 Å². The molecule has 0 saturated heterocycles. The Morgan fingerprint density at radius 3 is 2.15 bits per heavy atom. The summed E-state index contributed by atoms with van der Waals surface area (Å²) >= 11 is 0. The van der Waals surface area contributed by atoms with Gasteiger partial charge in [0.2, 0.25) is 0 Å². The van der Waals surface area contributed by atoms with Gasteiger partial charge in [-0.05, 0) is 72.2 Å². The van der Waals surface area contributed by atoms with Gasteiger partial charge >= 0.3 is 0 Å². The first-order valence-corrected chi connectivity index (χ1v) is 13.8. The molecule has 2 heteroatoms. The van der Waals surface area contributed by atoms with E-state index in [4.69, 9.17) is 6.58 Å². The normalized spacial score (nSPS) is 15.7. The molecule has 40 heavy (non-hydrogen) atoms. The van der Waals surface area contributed by atoms with E-state index in [2.05, 4.69) is 156 Å². The summed E-state index contributed by atoms with van der Waals surface area (Å²) in [6.07, 6.45) is 6.67. The molecule has 0 fully saturated rings. The zero-order valence-electron chi connectivity index (χ0n) is 22.6. The maximum absolute atomic E-state index is 4.74. The molecular formula is C38H30N2. The lowest BCUT2D eigenvalue weighted by molar-refractivity contribution is 1.09. The molecule has 0 atom stereocenters. The smallest absolute Gasteiger partial charge is 0.0547 e. The highest BCUT2D eigenvalue weighted by molar-refractivity contribution is 6.19. The van der Waals surface area contributed by atoms with Crippen LogP contribution < -0.4 is 4.90 Å². The third kappa shape index (κ3) is 3.97. The molecule has 0 radical (unpaired) electrons. The number of allylic oxidation sites excluding steroid dienone is 4. The fourth-order valence-electron chi connectivity index (χ4n) is 6.01. The lowest BCUT2D eigenvalue weighted by atomic mass is 9.89. The Hall–Kier alpha value is -5.08. The van der Waals surface area contributed by atoms with Crippen molar-refractivity contribution in [1.82, 2.24) is 4.57 Å². The van der Waals surface area contributed by atoms with Crippen LogP contribution in [-0.4, -0.2) is 11.1 Å². The molecule has 0 saturated carbocycles. The molecular weight excluding hydrogens is 484 g/mol. The minimum absolute atomic E-state index is 0.772. The Bertz CT molecular complexity index is 1940. The zero-order chi connectivity index (χ0) is 27.1. The Labute approximate surface area is 235 Å².